The van der Waals surface area contributed by atoms with E-state index in [1.807, 2.05) is 13.8 Å². The second kappa shape index (κ2) is 16.2. The zero-order chi connectivity index (χ0) is 36.6. The fourth-order valence-corrected chi connectivity index (χ4v) is 5.04. The first-order valence-corrected chi connectivity index (χ1v) is 16.4. The van der Waals surface area contributed by atoms with Crippen molar-refractivity contribution in [1.29, 1.82) is 0 Å². The van der Waals surface area contributed by atoms with Crippen LogP contribution in [0.3, 0.4) is 0 Å². The van der Waals surface area contributed by atoms with Crippen LogP contribution in [0.5, 0.6) is 5.75 Å². The molecule has 0 saturated heterocycles. The van der Waals surface area contributed by atoms with E-state index in [0.717, 1.165) is 0 Å². The number of aromatic nitrogens is 6. The second-order valence-corrected chi connectivity index (χ2v) is 12.4. The summed E-state index contributed by atoms with van der Waals surface area (Å²) in [6.07, 6.45) is 3.29. The summed E-state index contributed by atoms with van der Waals surface area (Å²) in [5, 5.41) is 14.2. The molecule has 268 valence electrons. The molecule has 0 aliphatic rings. The lowest BCUT2D eigenvalue weighted by atomic mass is 10.1. The van der Waals surface area contributed by atoms with Gasteiger partial charge in [0.2, 0.25) is 11.9 Å². The summed E-state index contributed by atoms with van der Waals surface area (Å²) in [7, 11) is 0. The number of aryl methyl sites for hydroxylation is 4. The van der Waals surface area contributed by atoms with Crippen LogP contribution in [0.15, 0.2) is 36.4 Å². The van der Waals surface area contributed by atoms with E-state index in [0.29, 0.717) is 53.3 Å². The standard InChI is InChI=1S/C34H45N9O7/c1-8-42-25(17-21(3)39-42)30(45)38-32-37-24-19-23(29(35)44)20-27(28(24)41(32)14-11-10-13-36-33(47)50-34(5,6)7)48-15-12-16-49-31(46)26-18-22(4)40-43(26)9-2/h10-11,17-20H,8-9,12-16H2,1-7H3,(H2,35,44)(H,36,47)(H,37,38,45). The summed E-state index contributed by atoms with van der Waals surface area (Å²) in [4.78, 5) is 55.1. The van der Waals surface area contributed by atoms with Crippen molar-refractivity contribution in [2.75, 3.05) is 25.1 Å². The largest absolute Gasteiger partial charge is 0.491 e. The van der Waals surface area contributed by atoms with Gasteiger partial charge in [-0.05, 0) is 72.7 Å². The smallest absolute Gasteiger partial charge is 0.407 e. The Morgan fingerprint density at radius 3 is 2.22 bits per heavy atom. The minimum atomic E-state index is -0.691. The number of primary amides is 1. The number of imidazole rings is 1. The molecular formula is C34H45N9O7. The van der Waals surface area contributed by atoms with E-state index < -0.39 is 29.5 Å². The van der Waals surface area contributed by atoms with Crippen LogP contribution in [-0.4, -0.2) is 78.3 Å². The molecule has 0 aliphatic heterocycles. The summed E-state index contributed by atoms with van der Waals surface area (Å²) >= 11 is 0. The monoisotopic (exact) mass is 691 g/mol. The van der Waals surface area contributed by atoms with Crippen LogP contribution in [0.25, 0.3) is 11.0 Å². The first-order chi connectivity index (χ1) is 23.7. The van der Waals surface area contributed by atoms with Crippen molar-refractivity contribution in [3.8, 4) is 5.75 Å². The normalized spacial score (nSPS) is 11.6. The Kier molecular flexibility index (Phi) is 12.0. The number of alkyl carbamates (subject to hydrolysis) is 1. The van der Waals surface area contributed by atoms with Gasteiger partial charge in [-0.1, -0.05) is 12.2 Å². The number of amides is 3. The molecule has 0 unspecified atom stereocenters. The van der Waals surface area contributed by atoms with E-state index in [1.54, 1.807) is 72.8 Å². The topological polar surface area (TPSA) is 200 Å². The summed E-state index contributed by atoms with van der Waals surface area (Å²) < 4.78 is 21.7. The van der Waals surface area contributed by atoms with E-state index in [4.69, 9.17) is 19.9 Å². The number of hydrogen-bond donors (Lipinski definition) is 3. The molecule has 0 aliphatic carbocycles. The average Bonchev–Trinajstić information content (AvgIpc) is 3.73. The third-order valence-electron chi connectivity index (χ3n) is 7.16. The van der Waals surface area contributed by atoms with E-state index in [9.17, 15) is 19.2 Å². The molecule has 0 bridgehead atoms. The lowest BCUT2D eigenvalue weighted by Crippen LogP contribution is -2.32. The Bertz CT molecular complexity index is 1900. The van der Waals surface area contributed by atoms with Gasteiger partial charge in [-0.25, -0.2) is 14.6 Å². The van der Waals surface area contributed by atoms with Gasteiger partial charge in [0.15, 0.2) is 0 Å². The number of nitrogens with zero attached hydrogens (tertiary/aromatic N) is 6. The Morgan fingerprint density at radius 2 is 1.58 bits per heavy atom. The number of anilines is 1. The predicted molar refractivity (Wildman–Crippen MR) is 185 cm³/mol. The van der Waals surface area contributed by atoms with Gasteiger partial charge in [-0.3, -0.25) is 24.3 Å². The number of nitrogens with two attached hydrogens (primary N) is 1. The highest BCUT2D eigenvalue weighted by molar-refractivity contribution is 6.04. The number of esters is 1. The average molecular weight is 692 g/mol. The van der Waals surface area contributed by atoms with Crippen molar-refractivity contribution in [1.82, 2.24) is 34.4 Å². The zero-order valence-corrected chi connectivity index (χ0v) is 29.5. The van der Waals surface area contributed by atoms with Crippen LogP contribution in [0.4, 0.5) is 10.7 Å². The number of carbonyl (C=O) groups excluding carboxylic acids is 4. The maximum Gasteiger partial charge on any atom is 0.407 e. The highest BCUT2D eigenvalue weighted by Gasteiger charge is 2.22. The number of hydrogen-bond acceptors (Lipinski definition) is 10. The molecule has 3 amide bonds. The van der Waals surface area contributed by atoms with Crippen LogP contribution < -0.4 is 21.1 Å². The number of carbonyl (C=O) groups is 4. The van der Waals surface area contributed by atoms with Crippen molar-refractivity contribution in [2.24, 2.45) is 5.73 Å². The maximum atomic E-state index is 13.4. The molecule has 50 heavy (non-hydrogen) atoms. The number of fused-ring (bicyclic) bond motifs is 1. The number of ether oxygens (including phenoxy) is 3. The minimum absolute atomic E-state index is 0.0733. The Morgan fingerprint density at radius 1 is 0.920 bits per heavy atom. The SMILES string of the molecule is CCn1nc(C)cc1C(=O)Nc1nc2cc(C(N)=O)cc(OCCCOC(=O)c3cc(C)nn3CC)c2n1CC=CCNC(=O)OC(C)(C)C. The zero-order valence-electron chi connectivity index (χ0n) is 29.5. The number of rotatable bonds is 15. The van der Waals surface area contributed by atoms with E-state index in [1.165, 1.54) is 12.1 Å². The molecule has 3 aromatic heterocycles. The van der Waals surface area contributed by atoms with Gasteiger partial charge in [-0.15, -0.1) is 0 Å². The van der Waals surface area contributed by atoms with Gasteiger partial charge in [-0.2, -0.15) is 10.2 Å². The Labute approximate surface area is 289 Å². The fraction of sp³-hybridized carbons (Fsp3) is 0.441. The van der Waals surface area contributed by atoms with Crippen LogP contribution in [0, 0.1) is 13.8 Å². The van der Waals surface area contributed by atoms with Crippen molar-refractivity contribution in [3.05, 3.63) is 64.8 Å². The van der Waals surface area contributed by atoms with Gasteiger partial charge in [0.25, 0.3) is 5.91 Å². The molecular weight excluding hydrogens is 646 g/mol. The van der Waals surface area contributed by atoms with Gasteiger partial charge in [0.05, 0.1) is 30.1 Å². The first kappa shape index (κ1) is 37.2. The van der Waals surface area contributed by atoms with Gasteiger partial charge in [0, 0.05) is 38.2 Å². The summed E-state index contributed by atoms with van der Waals surface area (Å²) in [5.74, 6) is -1.15. The molecule has 0 fully saturated rings. The van der Waals surface area contributed by atoms with Crippen LogP contribution in [-0.2, 0) is 29.1 Å². The summed E-state index contributed by atoms with van der Waals surface area (Å²) in [5.41, 5.74) is 8.11. The molecule has 16 nitrogen and oxygen atoms in total. The molecule has 1 aromatic carbocycles. The summed E-state index contributed by atoms with van der Waals surface area (Å²) in [6.45, 7) is 14.3. The van der Waals surface area contributed by atoms with Crippen LogP contribution >= 0.6 is 0 Å². The van der Waals surface area contributed by atoms with Gasteiger partial charge < -0.3 is 29.8 Å². The molecule has 3 heterocycles. The van der Waals surface area contributed by atoms with Gasteiger partial charge in [0.1, 0.15) is 28.3 Å². The minimum Gasteiger partial charge on any atom is -0.491 e. The van der Waals surface area contributed by atoms with Crippen molar-refractivity contribution < 1.29 is 33.4 Å². The third kappa shape index (κ3) is 9.48. The molecule has 0 radical (unpaired) electrons. The van der Waals surface area contributed by atoms with E-state index in [-0.39, 0.29) is 43.6 Å². The van der Waals surface area contributed by atoms with Crippen molar-refractivity contribution in [3.63, 3.8) is 0 Å². The van der Waals surface area contributed by atoms with Crippen molar-refractivity contribution in [2.45, 2.75) is 80.1 Å². The predicted octanol–water partition coefficient (Wildman–Crippen LogP) is 4.14. The molecule has 0 spiro atoms. The maximum absolute atomic E-state index is 13.4. The lowest BCUT2D eigenvalue weighted by molar-refractivity contribution is 0.0470. The number of benzene rings is 1. The molecule has 0 saturated carbocycles. The Hall–Kier alpha value is -5.67. The molecule has 4 rings (SSSR count). The van der Waals surface area contributed by atoms with Crippen LogP contribution in [0.1, 0.15) is 83.8 Å². The molecule has 4 aromatic rings. The van der Waals surface area contributed by atoms with Gasteiger partial charge >= 0.3 is 12.1 Å². The quantitative estimate of drug-likeness (QED) is 0.0925. The number of nitrogens with one attached hydrogen (secondary N) is 2. The van der Waals surface area contributed by atoms with Crippen LogP contribution in [0.2, 0.25) is 0 Å². The summed E-state index contributed by atoms with van der Waals surface area (Å²) in [6, 6.07) is 6.38. The van der Waals surface area contributed by atoms with Crippen molar-refractivity contribution >= 4 is 40.9 Å². The highest BCUT2D eigenvalue weighted by Crippen LogP contribution is 2.31. The third-order valence-corrected chi connectivity index (χ3v) is 7.16. The first-order valence-electron chi connectivity index (χ1n) is 16.4. The number of allylic oxidation sites excluding steroid dienone is 1. The second-order valence-electron chi connectivity index (χ2n) is 12.4. The van der Waals surface area contributed by atoms with E-state index >= 15 is 0 Å². The molecule has 4 N–H and O–H groups in total. The van der Waals surface area contributed by atoms with E-state index in [2.05, 4.69) is 25.8 Å². The molecule has 0 atom stereocenters. The molecule has 16 heteroatoms. The lowest BCUT2D eigenvalue weighted by Gasteiger charge is -2.19. The fourth-order valence-electron chi connectivity index (χ4n) is 5.04. The highest BCUT2D eigenvalue weighted by atomic mass is 16.6. The Balaban J connectivity index is 1.59.